The number of benzene rings is 1. The molecule has 102 valence electrons. The summed E-state index contributed by atoms with van der Waals surface area (Å²) in [7, 11) is 0. The first-order valence-corrected chi connectivity index (χ1v) is 6.85. The molecule has 19 heavy (non-hydrogen) atoms. The van der Waals surface area contributed by atoms with Crippen molar-refractivity contribution in [1.82, 2.24) is 0 Å². The van der Waals surface area contributed by atoms with Crippen LogP contribution in [0.1, 0.15) is 40.0 Å². The van der Waals surface area contributed by atoms with E-state index in [2.05, 4.69) is 31.7 Å². The second-order valence-corrected chi connectivity index (χ2v) is 5.21. The van der Waals surface area contributed by atoms with Crippen LogP contribution in [0, 0.1) is 12.5 Å². The number of ether oxygens (including phenoxy) is 1. The molecule has 1 unspecified atom stereocenters. The Labute approximate surface area is 116 Å². The Kier molecular flexibility index (Phi) is 6.74. The van der Waals surface area contributed by atoms with Crippen molar-refractivity contribution in [3.63, 3.8) is 0 Å². The molecule has 0 aliphatic rings. The third kappa shape index (κ3) is 6.67. The SMILES string of the molecule is [C-]#[N+]c1ccc(OCCC(C)CCC=C(C)C)cc1. The molecule has 0 fully saturated rings. The van der Waals surface area contributed by atoms with Crippen LogP contribution in [0.2, 0.25) is 0 Å². The summed E-state index contributed by atoms with van der Waals surface area (Å²) >= 11 is 0. The summed E-state index contributed by atoms with van der Waals surface area (Å²) in [5.74, 6) is 1.53. The summed E-state index contributed by atoms with van der Waals surface area (Å²) in [6.45, 7) is 14.2. The highest BCUT2D eigenvalue weighted by molar-refractivity contribution is 5.46. The molecular weight excluding hydrogens is 234 g/mol. The summed E-state index contributed by atoms with van der Waals surface area (Å²) in [6.07, 6.45) is 5.73. The van der Waals surface area contributed by atoms with E-state index in [-0.39, 0.29) is 0 Å². The van der Waals surface area contributed by atoms with Gasteiger partial charge in [0.1, 0.15) is 5.75 Å². The lowest BCUT2D eigenvalue weighted by Crippen LogP contribution is -2.04. The lowest BCUT2D eigenvalue weighted by atomic mass is 10.0. The van der Waals surface area contributed by atoms with Gasteiger partial charge in [-0.25, -0.2) is 4.85 Å². The Morgan fingerprint density at radius 1 is 1.26 bits per heavy atom. The first kappa shape index (κ1) is 15.3. The van der Waals surface area contributed by atoms with Gasteiger partial charge in [0.15, 0.2) is 5.69 Å². The third-order valence-electron chi connectivity index (χ3n) is 3.06. The van der Waals surface area contributed by atoms with Gasteiger partial charge in [-0.05, 0) is 51.2 Å². The second kappa shape index (κ2) is 8.37. The van der Waals surface area contributed by atoms with E-state index in [9.17, 15) is 0 Å². The summed E-state index contributed by atoms with van der Waals surface area (Å²) in [5, 5.41) is 0. The van der Waals surface area contributed by atoms with Gasteiger partial charge in [0.2, 0.25) is 0 Å². The maximum atomic E-state index is 6.88. The second-order valence-electron chi connectivity index (χ2n) is 5.21. The largest absolute Gasteiger partial charge is 0.494 e. The van der Waals surface area contributed by atoms with Crippen LogP contribution in [0.3, 0.4) is 0 Å². The molecule has 0 aliphatic heterocycles. The van der Waals surface area contributed by atoms with E-state index in [4.69, 9.17) is 11.3 Å². The molecule has 1 aromatic rings. The van der Waals surface area contributed by atoms with Crippen LogP contribution in [0.15, 0.2) is 35.9 Å². The molecule has 2 nitrogen and oxygen atoms in total. The number of nitrogens with zero attached hydrogens (tertiary/aromatic N) is 1. The van der Waals surface area contributed by atoms with Crippen LogP contribution >= 0.6 is 0 Å². The predicted octanol–water partition coefficient (Wildman–Crippen LogP) is 5.39. The van der Waals surface area contributed by atoms with Crippen molar-refractivity contribution >= 4 is 5.69 Å². The van der Waals surface area contributed by atoms with Crippen LogP contribution in [-0.4, -0.2) is 6.61 Å². The van der Waals surface area contributed by atoms with Gasteiger partial charge >= 0.3 is 0 Å². The lowest BCUT2D eigenvalue weighted by molar-refractivity contribution is 0.279. The molecule has 0 N–H and O–H groups in total. The topological polar surface area (TPSA) is 13.6 Å². The van der Waals surface area contributed by atoms with Gasteiger partial charge in [-0.2, -0.15) is 0 Å². The number of rotatable bonds is 7. The van der Waals surface area contributed by atoms with Gasteiger partial charge in [-0.1, -0.05) is 30.7 Å². The Morgan fingerprint density at radius 2 is 1.95 bits per heavy atom. The van der Waals surface area contributed by atoms with Gasteiger partial charge in [0.05, 0.1) is 13.2 Å². The fourth-order valence-corrected chi connectivity index (χ4v) is 1.80. The Hall–Kier alpha value is -1.75. The smallest absolute Gasteiger partial charge is 0.187 e. The van der Waals surface area contributed by atoms with Gasteiger partial charge < -0.3 is 4.74 Å². The van der Waals surface area contributed by atoms with E-state index in [0.717, 1.165) is 25.2 Å². The van der Waals surface area contributed by atoms with Gasteiger partial charge in [0, 0.05) is 0 Å². The van der Waals surface area contributed by atoms with E-state index in [0.29, 0.717) is 11.6 Å². The predicted molar refractivity (Wildman–Crippen MR) is 80.6 cm³/mol. The minimum atomic E-state index is 0.655. The summed E-state index contributed by atoms with van der Waals surface area (Å²) in [4.78, 5) is 3.36. The fourth-order valence-electron chi connectivity index (χ4n) is 1.80. The maximum absolute atomic E-state index is 6.88. The molecule has 0 bridgehead atoms. The molecule has 0 radical (unpaired) electrons. The zero-order chi connectivity index (χ0) is 14.1. The molecule has 0 spiro atoms. The molecular formula is C17H23NO. The normalized spacial score (nSPS) is 11.5. The molecule has 0 saturated carbocycles. The Bertz CT molecular complexity index is 435. The van der Waals surface area contributed by atoms with Crippen molar-refractivity contribution in [3.8, 4) is 5.75 Å². The zero-order valence-electron chi connectivity index (χ0n) is 12.1. The maximum Gasteiger partial charge on any atom is 0.187 e. The number of hydrogen-bond donors (Lipinski definition) is 0. The molecule has 1 aromatic carbocycles. The molecule has 1 rings (SSSR count). The van der Waals surface area contributed by atoms with E-state index in [1.165, 1.54) is 12.0 Å². The van der Waals surface area contributed by atoms with Crippen molar-refractivity contribution in [2.24, 2.45) is 5.92 Å². The molecule has 0 aliphatic carbocycles. The average molecular weight is 257 g/mol. The van der Waals surface area contributed by atoms with Crippen LogP contribution in [0.4, 0.5) is 5.69 Å². The Balaban J connectivity index is 2.22. The molecule has 0 saturated heterocycles. The minimum Gasteiger partial charge on any atom is -0.494 e. The zero-order valence-corrected chi connectivity index (χ0v) is 12.1. The highest BCUT2D eigenvalue weighted by Gasteiger charge is 2.02. The molecule has 0 aromatic heterocycles. The molecule has 1 atom stereocenters. The average Bonchev–Trinajstić information content (AvgIpc) is 2.39. The van der Waals surface area contributed by atoms with Gasteiger partial charge in [-0.15, -0.1) is 0 Å². The van der Waals surface area contributed by atoms with E-state index >= 15 is 0 Å². The van der Waals surface area contributed by atoms with Gasteiger partial charge in [0.25, 0.3) is 0 Å². The van der Waals surface area contributed by atoms with Gasteiger partial charge in [-0.3, -0.25) is 0 Å². The van der Waals surface area contributed by atoms with Crippen molar-refractivity contribution in [1.29, 1.82) is 0 Å². The van der Waals surface area contributed by atoms with Crippen LogP contribution in [-0.2, 0) is 0 Å². The quantitative estimate of drug-likeness (QED) is 0.471. The highest BCUT2D eigenvalue weighted by atomic mass is 16.5. The summed E-state index contributed by atoms with van der Waals surface area (Å²) in [6, 6.07) is 7.31. The Morgan fingerprint density at radius 3 is 2.53 bits per heavy atom. The highest BCUT2D eigenvalue weighted by Crippen LogP contribution is 2.19. The van der Waals surface area contributed by atoms with Crippen LogP contribution < -0.4 is 4.74 Å². The summed E-state index contributed by atoms with van der Waals surface area (Å²) < 4.78 is 5.69. The van der Waals surface area contributed by atoms with Crippen molar-refractivity contribution in [2.75, 3.05) is 6.61 Å². The monoisotopic (exact) mass is 257 g/mol. The van der Waals surface area contributed by atoms with E-state index in [1.807, 2.05) is 12.1 Å². The van der Waals surface area contributed by atoms with E-state index < -0.39 is 0 Å². The molecule has 0 heterocycles. The van der Waals surface area contributed by atoms with Crippen molar-refractivity contribution < 1.29 is 4.74 Å². The van der Waals surface area contributed by atoms with Crippen LogP contribution in [0.5, 0.6) is 5.75 Å². The van der Waals surface area contributed by atoms with Crippen molar-refractivity contribution in [2.45, 2.75) is 40.0 Å². The standard InChI is InChI=1S/C17H23NO/c1-14(2)6-5-7-15(3)12-13-19-17-10-8-16(18-4)9-11-17/h6,8-11,15H,5,7,12-13H2,1-3H3. The number of hydrogen-bond acceptors (Lipinski definition) is 1. The minimum absolute atomic E-state index is 0.655. The van der Waals surface area contributed by atoms with E-state index in [1.54, 1.807) is 12.1 Å². The molecule has 0 amide bonds. The number of allylic oxidation sites excluding steroid dienone is 2. The lowest BCUT2D eigenvalue weighted by Gasteiger charge is -2.11. The third-order valence-corrected chi connectivity index (χ3v) is 3.06. The van der Waals surface area contributed by atoms with Crippen LogP contribution in [0.25, 0.3) is 4.85 Å². The first-order chi connectivity index (χ1) is 9.11. The fraction of sp³-hybridized carbons (Fsp3) is 0.471. The molecule has 2 heteroatoms. The van der Waals surface area contributed by atoms with Crippen molar-refractivity contribution in [3.05, 3.63) is 47.3 Å². The summed E-state index contributed by atoms with van der Waals surface area (Å²) in [5.41, 5.74) is 2.05. The first-order valence-electron chi connectivity index (χ1n) is 6.85.